The van der Waals surface area contributed by atoms with Crippen LogP contribution in [0.5, 0.6) is 0 Å². The molecule has 0 saturated carbocycles. The largest absolute Gasteiger partial charge is 0.381 e. The second-order valence-corrected chi connectivity index (χ2v) is 11.8. The summed E-state index contributed by atoms with van der Waals surface area (Å²) in [5, 5.41) is 6.07. The Balaban J connectivity index is 1.27. The number of thiophene rings is 1. The Morgan fingerprint density at radius 1 is 1.24 bits per heavy atom. The summed E-state index contributed by atoms with van der Waals surface area (Å²) in [4.78, 5) is 39.7. The fourth-order valence-electron chi connectivity index (χ4n) is 5.78. The van der Waals surface area contributed by atoms with Crippen molar-refractivity contribution < 1.29 is 4.79 Å². The quantitative estimate of drug-likeness (QED) is 0.472. The number of piperidine rings is 1. The molecule has 1 saturated heterocycles. The van der Waals surface area contributed by atoms with Gasteiger partial charge in [-0.05, 0) is 69.0 Å². The number of aromatic amines is 1. The van der Waals surface area contributed by atoms with E-state index in [1.54, 1.807) is 17.5 Å². The minimum absolute atomic E-state index is 0.0214. The third kappa shape index (κ3) is 4.51. The Kier molecular flexibility index (Phi) is 6.42. The Labute approximate surface area is 225 Å². The normalized spacial score (nSPS) is 18.6. The molecule has 0 aliphatic carbocycles. The van der Waals surface area contributed by atoms with Crippen molar-refractivity contribution in [3.8, 4) is 0 Å². The molecule has 0 bridgehead atoms. The molecule has 3 aliphatic heterocycles. The highest BCUT2D eigenvalue weighted by molar-refractivity contribution is 7.09. The van der Waals surface area contributed by atoms with Gasteiger partial charge in [-0.3, -0.25) is 14.6 Å². The number of hydrogen-bond donors (Lipinski definition) is 2. The zero-order chi connectivity index (χ0) is 25.7. The molecule has 3 aliphatic rings. The molecule has 0 radical (unpaired) electrons. The lowest BCUT2D eigenvalue weighted by molar-refractivity contribution is 0.0617. The smallest absolute Gasteiger partial charge is 0.259 e. The summed E-state index contributed by atoms with van der Waals surface area (Å²) in [6.45, 7) is 4.67. The summed E-state index contributed by atoms with van der Waals surface area (Å²) in [5.74, 6) is 0.0214. The van der Waals surface area contributed by atoms with E-state index in [2.05, 4.69) is 46.7 Å². The van der Waals surface area contributed by atoms with Gasteiger partial charge >= 0.3 is 0 Å². The number of aromatic nitrogens is 1. The van der Waals surface area contributed by atoms with Crippen LogP contribution in [-0.4, -0.2) is 58.6 Å². The molecule has 37 heavy (non-hydrogen) atoms. The number of benzene rings is 1. The van der Waals surface area contributed by atoms with Crippen LogP contribution in [-0.2, 0) is 19.4 Å². The Morgan fingerprint density at radius 3 is 2.81 bits per heavy atom. The zero-order valence-electron chi connectivity index (χ0n) is 21.0. The molecule has 7 nitrogen and oxygen atoms in total. The monoisotopic (exact) mass is 535 g/mol. The van der Waals surface area contributed by atoms with Gasteiger partial charge in [-0.2, -0.15) is 0 Å². The number of fused-ring (bicyclic) bond motifs is 2. The number of pyridine rings is 1. The average molecular weight is 536 g/mol. The average Bonchev–Trinajstić information content (AvgIpc) is 3.60. The second kappa shape index (κ2) is 9.74. The molecule has 2 aromatic heterocycles. The molecule has 0 unspecified atom stereocenters. The van der Waals surface area contributed by atoms with Crippen molar-refractivity contribution in [1.29, 1.82) is 0 Å². The van der Waals surface area contributed by atoms with Crippen molar-refractivity contribution in [2.45, 2.75) is 51.2 Å². The summed E-state index contributed by atoms with van der Waals surface area (Å²) >= 11 is 8.62. The van der Waals surface area contributed by atoms with Gasteiger partial charge in [0.25, 0.3) is 11.5 Å². The fourth-order valence-corrected chi connectivity index (χ4v) is 6.98. The van der Waals surface area contributed by atoms with Crippen LogP contribution in [0.15, 0.2) is 45.6 Å². The molecule has 1 fully saturated rings. The van der Waals surface area contributed by atoms with Gasteiger partial charge in [0.05, 0.1) is 33.2 Å². The van der Waals surface area contributed by atoms with Gasteiger partial charge in [-0.15, -0.1) is 11.3 Å². The number of halogens is 1. The minimum Gasteiger partial charge on any atom is -0.381 e. The third-order valence-electron chi connectivity index (χ3n) is 7.71. The Hall–Kier alpha value is -2.94. The Morgan fingerprint density at radius 2 is 2.05 bits per heavy atom. The molecule has 3 aromatic rings. The number of aliphatic imine (C=N–C) groups is 1. The lowest BCUT2D eigenvalue weighted by atomic mass is 9.99. The summed E-state index contributed by atoms with van der Waals surface area (Å²) < 4.78 is 0. The van der Waals surface area contributed by atoms with E-state index in [1.807, 2.05) is 17.0 Å². The fraction of sp³-hybridized carbons (Fsp3) is 0.393. The van der Waals surface area contributed by atoms with Crippen molar-refractivity contribution in [2.24, 2.45) is 4.99 Å². The third-order valence-corrected chi connectivity index (χ3v) is 9.02. The van der Waals surface area contributed by atoms with Crippen LogP contribution >= 0.6 is 22.9 Å². The highest BCUT2D eigenvalue weighted by Gasteiger charge is 2.38. The number of nitrogens with one attached hydrogen (secondary N) is 2. The number of carbonyl (C=O) groups excluding carboxylic acids is 1. The molecule has 1 atom stereocenters. The van der Waals surface area contributed by atoms with Crippen molar-refractivity contribution in [1.82, 2.24) is 14.8 Å². The summed E-state index contributed by atoms with van der Waals surface area (Å²) in [7, 11) is 2.12. The van der Waals surface area contributed by atoms with Gasteiger partial charge in [0.1, 0.15) is 0 Å². The number of amides is 1. The standard InChI is InChI=1S/C28H30ClN5O2S/c1-16(12-19-4-3-11-37-19)31-21-5-8-30-27(35)25(21)23-14-20-22(32-23)13-17-15-34(28(36)24(17)26(20)29)18-6-9-33(2)10-7-18/h3-5,8,11,13,16,18H,6-7,9-10,12,14-15H2,1-2H3,(H2,30,31,35)/t16-/m1/s1. The first kappa shape index (κ1) is 24.4. The van der Waals surface area contributed by atoms with Gasteiger partial charge in [-0.25, -0.2) is 0 Å². The van der Waals surface area contributed by atoms with E-state index in [0.29, 0.717) is 34.8 Å². The van der Waals surface area contributed by atoms with Gasteiger partial charge in [-0.1, -0.05) is 17.7 Å². The van der Waals surface area contributed by atoms with Gasteiger partial charge < -0.3 is 20.1 Å². The highest BCUT2D eigenvalue weighted by atomic mass is 35.5. The van der Waals surface area contributed by atoms with Crippen LogP contribution in [0, 0.1) is 0 Å². The van der Waals surface area contributed by atoms with Crippen LogP contribution < -0.4 is 10.9 Å². The molecule has 1 amide bonds. The van der Waals surface area contributed by atoms with E-state index < -0.39 is 0 Å². The predicted molar refractivity (Wildman–Crippen MR) is 150 cm³/mol. The van der Waals surface area contributed by atoms with Crippen LogP contribution in [0.2, 0.25) is 5.02 Å². The van der Waals surface area contributed by atoms with Crippen molar-refractivity contribution >= 4 is 45.9 Å². The van der Waals surface area contributed by atoms with E-state index in [9.17, 15) is 9.59 Å². The van der Waals surface area contributed by atoms with Crippen molar-refractivity contribution in [2.75, 3.05) is 25.5 Å². The van der Waals surface area contributed by atoms with E-state index in [4.69, 9.17) is 16.6 Å². The maximum atomic E-state index is 13.4. The van der Waals surface area contributed by atoms with E-state index in [-0.39, 0.29) is 23.6 Å². The predicted octanol–water partition coefficient (Wildman–Crippen LogP) is 4.86. The minimum atomic E-state index is -0.187. The van der Waals surface area contributed by atoms with Crippen molar-refractivity contribution in [3.05, 3.63) is 78.3 Å². The first-order valence-electron chi connectivity index (χ1n) is 12.8. The number of hydrogen-bond acceptors (Lipinski definition) is 6. The molecule has 5 heterocycles. The number of carbonyl (C=O) groups is 1. The van der Waals surface area contributed by atoms with Crippen molar-refractivity contribution in [3.63, 3.8) is 0 Å². The van der Waals surface area contributed by atoms with Gasteiger partial charge in [0, 0.05) is 48.1 Å². The molecular formula is C28H30ClN5O2S. The molecule has 1 aromatic carbocycles. The molecular weight excluding hydrogens is 506 g/mol. The SMILES string of the molecule is C[C@H](Cc1cccs1)Nc1cc[nH]c(=O)c1C1=Nc2cc3c(c(Cl)c2C1)C(=O)N(C1CCN(C)CC1)C3. The number of rotatable bonds is 6. The first-order valence-corrected chi connectivity index (χ1v) is 14.1. The van der Waals surface area contributed by atoms with E-state index in [0.717, 1.165) is 54.9 Å². The van der Waals surface area contributed by atoms with Gasteiger partial charge in [0.15, 0.2) is 0 Å². The molecule has 9 heteroatoms. The second-order valence-electron chi connectivity index (χ2n) is 10.3. The number of H-pyrrole nitrogens is 1. The highest BCUT2D eigenvalue weighted by Crippen LogP contribution is 2.42. The zero-order valence-corrected chi connectivity index (χ0v) is 22.6. The topological polar surface area (TPSA) is 80.8 Å². The summed E-state index contributed by atoms with van der Waals surface area (Å²) in [5.41, 5.74) is 4.91. The Bertz CT molecular complexity index is 1440. The van der Waals surface area contributed by atoms with Crippen LogP contribution in [0.1, 0.15) is 51.7 Å². The number of nitrogens with zero attached hydrogens (tertiary/aromatic N) is 3. The summed E-state index contributed by atoms with van der Waals surface area (Å²) in [6, 6.07) is 8.44. The molecule has 6 rings (SSSR count). The van der Waals surface area contributed by atoms with E-state index in [1.165, 1.54) is 4.88 Å². The molecule has 0 spiro atoms. The van der Waals surface area contributed by atoms with E-state index >= 15 is 0 Å². The van der Waals surface area contributed by atoms with Crippen LogP contribution in [0.4, 0.5) is 11.4 Å². The molecule has 2 N–H and O–H groups in total. The van der Waals surface area contributed by atoms with Crippen LogP contribution in [0.3, 0.4) is 0 Å². The van der Waals surface area contributed by atoms with Gasteiger partial charge in [0.2, 0.25) is 0 Å². The maximum absolute atomic E-state index is 13.4. The number of anilines is 1. The first-order chi connectivity index (χ1) is 17.9. The summed E-state index contributed by atoms with van der Waals surface area (Å²) in [6.07, 6.45) is 4.90. The van der Waals surface area contributed by atoms with Crippen LogP contribution in [0.25, 0.3) is 0 Å². The number of likely N-dealkylation sites (tertiary alicyclic amines) is 1. The maximum Gasteiger partial charge on any atom is 0.259 e. The molecule has 192 valence electrons. The lowest BCUT2D eigenvalue weighted by Crippen LogP contribution is -2.43. The lowest BCUT2D eigenvalue weighted by Gasteiger charge is -2.34.